The molecule has 2 unspecified atom stereocenters. The molecule has 15 heteroatoms. The van der Waals surface area contributed by atoms with E-state index in [0.717, 1.165) is 46.6 Å². The van der Waals surface area contributed by atoms with Gasteiger partial charge < -0.3 is 21.9 Å². The minimum Gasteiger partial charge on any atom is -0.411 e. The van der Waals surface area contributed by atoms with Crippen LogP contribution in [0.5, 0.6) is 0 Å². The number of nitrogen functional groups attached to an aromatic ring is 2. The first-order valence-corrected chi connectivity index (χ1v) is 19.8. The number of fused-ring (bicyclic) bond motifs is 2. The number of benzene rings is 3. The number of anilines is 2. The van der Waals surface area contributed by atoms with E-state index in [4.69, 9.17) is 16.7 Å². The Morgan fingerprint density at radius 3 is 1.45 bits per heavy atom. The van der Waals surface area contributed by atoms with Gasteiger partial charge in [0.25, 0.3) is 0 Å². The Labute approximate surface area is 347 Å². The van der Waals surface area contributed by atoms with Crippen LogP contribution in [0.1, 0.15) is 125 Å². The van der Waals surface area contributed by atoms with Gasteiger partial charge in [0.15, 0.2) is 5.78 Å². The van der Waals surface area contributed by atoms with E-state index in [2.05, 4.69) is 62.2 Å². The van der Waals surface area contributed by atoms with Crippen LogP contribution in [0.25, 0.3) is 0 Å². The van der Waals surface area contributed by atoms with Crippen LogP contribution in [-0.2, 0) is 35.3 Å². The maximum atomic E-state index is 13.0. The highest BCUT2D eigenvalue weighted by atomic mass is 19.1. The topological polar surface area (TPSA) is 234 Å². The Morgan fingerprint density at radius 2 is 1.00 bits per heavy atom. The fraction of sp³-hybridized carbons (Fsp3) is 0.333. The molecule has 13 nitrogen and oxygen atoms in total. The van der Waals surface area contributed by atoms with Crippen LogP contribution in [0.15, 0.2) is 78.0 Å². The third-order valence-electron chi connectivity index (χ3n) is 10.8. The number of nitrogens with two attached hydrogens (primary N) is 3. The van der Waals surface area contributed by atoms with Crippen LogP contribution in [0.4, 0.5) is 20.7 Å². The molecule has 2 aromatic heterocycles. The predicted molar refractivity (Wildman–Crippen MR) is 223 cm³/mol. The third kappa shape index (κ3) is 11.0. The maximum absolute atomic E-state index is 13.0. The Balaban J connectivity index is 0.000000170. The van der Waals surface area contributed by atoms with Crippen molar-refractivity contribution < 1.29 is 33.6 Å². The molecule has 1 fully saturated rings. The van der Waals surface area contributed by atoms with Crippen LogP contribution in [0.2, 0.25) is 0 Å². The van der Waals surface area contributed by atoms with Crippen LogP contribution in [-0.4, -0.2) is 53.4 Å². The van der Waals surface area contributed by atoms with Crippen LogP contribution >= 0.6 is 0 Å². The second kappa shape index (κ2) is 20.6. The summed E-state index contributed by atoms with van der Waals surface area (Å²) in [5.41, 5.74) is 21.2. The first kappa shape index (κ1) is 44.8. The summed E-state index contributed by atoms with van der Waals surface area (Å²) in [6, 6.07) is 20.8. The molecular weight excluding hydrogens is 771 g/mol. The van der Waals surface area contributed by atoms with E-state index in [0.29, 0.717) is 55.5 Å². The Hall–Kier alpha value is -6.32. The molecule has 5 aromatic rings. The monoisotopic (exact) mass is 820 g/mol. The molecule has 3 aromatic carbocycles. The molecule has 0 aliphatic heterocycles. The van der Waals surface area contributed by atoms with Gasteiger partial charge in [-0.1, -0.05) is 73.1 Å². The number of aromatic nitrogens is 4. The maximum Gasteiger partial charge on any atom is 0.220 e. The van der Waals surface area contributed by atoms with E-state index in [-0.39, 0.29) is 65.1 Å². The number of hydrogen-bond donors (Lipinski definition) is 5. The van der Waals surface area contributed by atoms with Crippen molar-refractivity contribution in [2.75, 3.05) is 11.5 Å². The van der Waals surface area contributed by atoms with Gasteiger partial charge >= 0.3 is 0 Å². The molecule has 314 valence electrons. The number of rotatable bonds is 5. The molecule has 0 saturated heterocycles. The van der Waals surface area contributed by atoms with Crippen molar-refractivity contribution in [3.63, 3.8) is 0 Å². The van der Waals surface area contributed by atoms with Gasteiger partial charge in [-0.2, -0.15) is 0 Å². The summed E-state index contributed by atoms with van der Waals surface area (Å²) in [4.78, 5) is 52.0. The lowest BCUT2D eigenvalue weighted by Gasteiger charge is -2.26. The molecule has 2 atom stereocenters. The summed E-state index contributed by atoms with van der Waals surface area (Å²) in [7, 11) is 0. The summed E-state index contributed by atoms with van der Waals surface area (Å²) in [5, 5.41) is 19.5. The molecule has 8 N–H and O–H groups in total. The molecule has 8 rings (SSSR count). The highest BCUT2D eigenvalue weighted by Crippen LogP contribution is 2.35. The zero-order chi connectivity index (χ0) is 43.5. The molecule has 1 saturated carbocycles. The average Bonchev–Trinajstić information content (AvgIpc) is 3.24. The van der Waals surface area contributed by atoms with Gasteiger partial charge in [-0.3, -0.25) is 14.4 Å². The van der Waals surface area contributed by atoms with Gasteiger partial charge in [-0.15, -0.1) is 0 Å². The highest BCUT2D eigenvalue weighted by molar-refractivity contribution is 6.04. The lowest BCUT2D eigenvalue weighted by atomic mass is 9.80. The van der Waals surface area contributed by atoms with E-state index < -0.39 is 0 Å². The fourth-order valence-electron chi connectivity index (χ4n) is 7.99. The van der Waals surface area contributed by atoms with Gasteiger partial charge in [-0.25, -0.2) is 34.6 Å². The minimum absolute atomic E-state index is 0.0134. The van der Waals surface area contributed by atoms with E-state index in [1.165, 1.54) is 35.4 Å². The number of halogens is 2. The largest absolute Gasteiger partial charge is 0.411 e. The van der Waals surface area contributed by atoms with Gasteiger partial charge in [0.1, 0.15) is 23.2 Å². The Kier molecular flexibility index (Phi) is 15.4. The second-order valence-electron chi connectivity index (χ2n) is 15.0. The number of aryl methyl sites for hydroxylation is 3. The van der Waals surface area contributed by atoms with Gasteiger partial charge in [-0.05, 0) is 91.3 Å². The Bertz CT molecular complexity index is 2320. The molecular formula is C45H50F2N8O5. The predicted octanol–water partition coefficient (Wildman–Crippen LogP) is 7.08. The zero-order valence-corrected chi connectivity index (χ0v) is 33.9. The van der Waals surface area contributed by atoms with Crippen molar-refractivity contribution in [1.29, 1.82) is 0 Å². The van der Waals surface area contributed by atoms with Gasteiger partial charge in [0, 0.05) is 31.2 Å². The summed E-state index contributed by atoms with van der Waals surface area (Å²) >= 11 is 0. The highest BCUT2D eigenvalue weighted by Gasteiger charge is 2.31. The number of hydrogen-bond acceptors (Lipinski definition) is 13. The van der Waals surface area contributed by atoms with Gasteiger partial charge in [0.05, 0.1) is 40.5 Å². The molecule has 60 heavy (non-hydrogen) atoms. The first-order valence-electron chi connectivity index (χ1n) is 19.8. The van der Waals surface area contributed by atoms with Gasteiger partial charge in [0.2, 0.25) is 11.9 Å². The molecule has 0 spiro atoms. The van der Waals surface area contributed by atoms with Crippen molar-refractivity contribution in [2.24, 2.45) is 11.1 Å². The molecule has 0 amide bonds. The summed E-state index contributed by atoms with van der Waals surface area (Å²) in [6.07, 6.45) is 4.77. The number of oxime groups is 1. The third-order valence-corrected chi connectivity index (χ3v) is 10.8. The van der Waals surface area contributed by atoms with Crippen molar-refractivity contribution in [1.82, 2.24) is 19.9 Å². The van der Waals surface area contributed by atoms with Crippen molar-refractivity contribution in [3.05, 3.63) is 141 Å². The number of carbonyl (C=O) groups excluding carboxylic acids is 3. The summed E-state index contributed by atoms with van der Waals surface area (Å²) in [5.74, 6) is 3.65. The summed E-state index contributed by atoms with van der Waals surface area (Å²) < 4.78 is 25.7. The van der Waals surface area contributed by atoms with Crippen molar-refractivity contribution in [2.45, 2.75) is 96.3 Å². The number of carbonyl (C=O) groups is 3. The van der Waals surface area contributed by atoms with Crippen LogP contribution in [0.3, 0.4) is 0 Å². The number of Topliss-reactive ketones (excluding diaryl/α,β-unsaturated/α-hetero) is 3. The van der Waals surface area contributed by atoms with Crippen LogP contribution in [0, 0.1) is 18.6 Å². The quantitative estimate of drug-likeness (QED) is 0.0680. The molecule has 2 heterocycles. The minimum atomic E-state index is -0.299. The molecule has 0 radical (unpaired) electrons. The lowest BCUT2D eigenvalue weighted by molar-refractivity contribution is -0.130. The van der Waals surface area contributed by atoms with Crippen molar-refractivity contribution in [3.8, 4) is 0 Å². The van der Waals surface area contributed by atoms with Crippen molar-refractivity contribution >= 4 is 35.0 Å². The standard InChI is InChI=1S/C17H20N4O.C16H16FN3O.C12H11FO2.H3NO/c1-3-13-16-14(20-17(18)19-13)8-12(9-15(16)21-22)11-6-4-10(2)5-7-11;1-2-12-15-13(20-16(18)19-12)7-10(8-14(15)21)9-3-5-11(17)6-4-9;13-10-3-1-8(2-4-10)9-5-11(14)7-12(15)6-9;1-2/h4-7,12,22H,3,8-9H2,1-2H3,(H2,18,19,20);3-6,10H,2,7-8H2,1H3,(H2,18,19,20);1-4,9H,5-7H2;2H,1H2/b21-15+;;;. The normalized spacial score (nSPS) is 17.9. The SMILES string of the molecule is CCc1nc(N)nc2c1/C(=N/O)CC(c1ccc(C)cc1)C2.CCc1nc(N)nc2c1C(=O)CC(c1ccc(F)cc1)C2.NO.O=C1CC(=O)CC(c2ccc(F)cc2)C1. The van der Waals surface area contributed by atoms with E-state index in [1.807, 2.05) is 13.8 Å². The molecule has 3 aliphatic rings. The average molecular weight is 821 g/mol. The zero-order valence-electron chi connectivity index (χ0n) is 33.9. The fourth-order valence-corrected chi connectivity index (χ4v) is 7.99. The van der Waals surface area contributed by atoms with E-state index in [1.54, 1.807) is 24.3 Å². The number of nitrogens with zero attached hydrogens (tertiary/aromatic N) is 5. The smallest absolute Gasteiger partial charge is 0.220 e. The summed E-state index contributed by atoms with van der Waals surface area (Å²) in [6.45, 7) is 6.03. The molecule has 3 aliphatic carbocycles. The van der Waals surface area contributed by atoms with Crippen LogP contribution < -0.4 is 17.4 Å². The molecule has 0 bridgehead atoms. The number of ketones is 3. The van der Waals surface area contributed by atoms with E-state index >= 15 is 0 Å². The lowest BCUT2D eigenvalue weighted by Crippen LogP contribution is -2.24. The first-order chi connectivity index (χ1) is 28.8. The second-order valence-corrected chi connectivity index (χ2v) is 15.0. The van der Waals surface area contributed by atoms with E-state index in [9.17, 15) is 28.4 Å². The Morgan fingerprint density at radius 1 is 0.600 bits per heavy atom.